The molecule has 6 heteroatoms. The maximum absolute atomic E-state index is 11.6. The zero-order valence-electron chi connectivity index (χ0n) is 10.3. The van der Waals surface area contributed by atoms with Crippen molar-refractivity contribution >= 4 is 11.8 Å². The number of nitrogens with one attached hydrogen (secondary N) is 2. The van der Waals surface area contributed by atoms with Gasteiger partial charge in [0.25, 0.3) is 0 Å². The number of hydrogen-bond acceptors (Lipinski definition) is 5. The summed E-state index contributed by atoms with van der Waals surface area (Å²) in [6.07, 6.45) is 0.916. The molecule has 1 aromatic carbocycles. The fourth-order valence-corrected chi connectivity index (χ4v) is 2.18. The van der Waals surface area contributed by atoms with E-state index in [-0.39, 0.29) is 24.6 Å². The Morgan fingerprint density at radius 3 is 2.95 bits per heavy atom. The molecule has 1 fully saturated rings. The van der Waals surface area contributed by atoms with Crippen molar-refractivity contribution < 1.29 is 19.1 Å². The quantitative estimate of drug-likeness (QED) is 0.767. The Labute approximate surface area is 110 Å². The van der Waals surface area contributed by atoms with Gasteiger partial charge in [0.2, 0.25) is 18.6 Å². The molecule has 2 N–H and O–H groups in total. The van der Waals surface area contributed by atoms with Gasteiger partial charge in [-0.2, -0.15) is 0 Å². The first-order chi connectivity index (χ1) is 9.22. The summed E-state index contributed by atoms with van der Waals surface area (Å²) < 4.78 is 10.5. The van der Waals surface area contributed by atoms with E-state index in [9.17, 15) is 9.59 Å². The molecule has 2 aliphatic heterocycles. The second kappa shape index (κ2) is 4.89. The van der Waals surface area contributed by atoms with Crippen molar-refractivity contribution in [3.05, 3.63) is 23.8 Å². The number of rotatable bonds is 3. The van der Waals surface area contributed by atoms with Crippen LogP contribution >= 0.6 is 0 Å². The zero-order chi connectivity index (χ0) is 13.2. The molecule has 3 rings (SSSR count). The summed E-state index contributed by atoms with van der Waals surface area (Å²) in [5.41, 5.74) is 1.01. The lowest BCUT2D eigenvalue weighted by Gasteiger charge is -2.21. The normalized spacial score (nSPS) is 21.4. The molecule has 0 spiro atoms. The van der Waals surface area contributed by atoms with Crippen molar-refractivity contribution in [2.75, 3.05) is 6.79 Å². The van der Waals surface area contributed by atoms with E-state index in [0.29, 0.717) is 19.4 Å². The van der Waals surface area contributed by atoms with Crippen molar-refractivity contribution in [1.82, 2.24) is 10.6 Å². The van der Waals surface area contributed by atoms with E-state index in [0.717, 1.165) is 17.1 Å². The molecule has 2 heterocycles. The predicted octanol–water partition coefficient (Wildman–Crippen LogP) is 0.310. The Balaban J connectivity index is 1.60. The smallest absolute Gasteiger partial charge is 0.243 e. The molecule has 2 aliphatic rings. The van der Waals surface area contributed by atoms with Crippen LogP contribution in [0.5, 0.6) is 11.5 Å². The number of ether oxygens (including phenoxy) is 2. The Morgan fingerprint density at radius 2 is 2.11 bits per heavy atom. The monoisotopic (exact) mass is 262 g/mol. The molecule has 0 saturated carbocycles. The summed E-state index contributed by atoms with van der Waals surface area (Å²) in [7, 11) is 0. The van der Waals surface area contributed by atoms with Gasteiger partial charge in [0.05, 0.1) is 6.04 Å². The van der Waals surface area contributed by atoms with Crippen LogP contribution in [0.4, 0.5) is 0 Å². The van der Waals surface area contributed by atoms with E-state index in [2.05, 4.69) is 10.6 Å². The van der Waals surface area contributed by atoms with Crippen LogP contribution in [0.1, 0.15) is 18.4 Å². The minimum Gasteiger partial charge on any atom is -0.454 e. The summed E-state index contributed by atoms with van der Waals surface area (Å²) in [6, 6.07) is 5.35. The summed E-state index contributed by atoms with van der Waals surface area (Å²) in [5, 5.41) is 5.46. The van der Waals surface area contributed by atoms with Crippen molar-refractivity contribution in [3.8, 4) is 11.5 Å². The molecule has 1 atom stereocenters. The molecule has 1 aromatic rings. The Morgan fingerprint density at radius 1 is 1.26 bits per heavy atom. The summed E-state index contributed by atoms with van der Waals surface area (Å²) in [5.74, 6) is 1.01. The van der Waals surface area contributed by atoms with Crippen LogP contribution in [-0.4, -0.2) is 24.6 Å². The van der Waals surface area contributed by atoms with Gasteiger partial charge < -0.3 is 14.8 Å². The maximum Gasteiger partial charge on any atom is 0.243 e. The molecule has 19 heavy (non-hydrogen) atoms. The van der Waals surface area contributed by atoms with E-state index in [4.69, 9.17) is 9.47 Å². The molecule has 0 bridgehead atoms. The third kappa shape index (κ3) is 2.53. The average molecular weight is 262 g/mol. The Kier molecular flexibility index (Phi) is 3.08. The molecular weight excluding hydrogens is 248 g/mol. The number of carbonyl (C=O) groups is 2. The van der Waals surface area contributed by atoms with Crippen molar-refractivity contribution in [2.24, 2.45) is 0 Å². The number of carbonyl (C=O) groups excluding carboxylic acids is 2. The molecule has 0 aliphatic carbocycles. The van der Waals surface area contributed by atoms with Crippen molar-refractivity contribution in [2.45, 2.75) is 25.4 Å². The van der Waals surface area contributed by atoms with Gasteiger partial charge in [-0.1, -0.05) is 6.07 Å². The van der Waals surface area contributed by atoms with Gasteiger partial charge in [0.15, 0.2) is 11.5 Å². The van der Waals surface area contributed by atoms with Gasteiger partial charge in [-0.05, 0) is 24.1 Å². The highest BCUT2D eigenvalue weighted by Gasteiger charge is 2.25. The Bertz CT molecular complexity index is 529. The van der Waals surface area contributed by atoms with Crippen LogP contribution < -0.4 is 20.1 Å². The molecule has 2 amide bonds. The van der Waals surface area contributed by atoms with Crippen LogP contribution in [-0.2, 0) is 16.1 Å². The topological polar surface area (TPSA) is 76.7 Å². The number of hydrogen-bond donors (Lipinski definition) is 2. The molecular formula is C13H14N2O4. The predicted molar refractivity (Wildman–Crippen MR) is 65.6 cm³/mol. The van der Waals surface area contributed by atoms with Crippen LogP contribution in [0.2, 0.25) is 0 Å². The Hall–Kier alpha value is -2.08. The molecule has 100 valence electrons. The zero-order valence-corrected chi connectivity index (χ0v) is 10.3. The van der Waals surface area contributed by atoms with Crippen molar-refractivity contribution in [3.63, 3.8) is 0 Å². The minimum atomic E-state index is -0.317. The lowest BCUT2D eigenvalue weighted by molar-refractivity contribution is -0.134. The van der Waals surface area contributed by atoms with Gasteiger partial charge in [0, 0.05) is 13.0 Å². The highest BCUT2D eigenvalue weighted by atomic mass is 16.7. The number of fused-ring (bicyclic) bond motifs is 1. The van der Waals surface area contributed by atoms with Crippen LogP contribution in [0, 0.1) is 0 Å². The molecule has 6 nitrogen and oxygen atoms in total. The van der Waals surface area contributed by atoms with Crippen LogP contribution in [0.3, 0.4) is 0 Å². The van der Waals surface area contributed by atoms with Gasteiger partial charge in [-0.15, -0.1) is 0 Å². The molecule has 0 aromatic heterocycles. The highest BCUT2D eigenvalue weighted by Crippen LogP contribution is 2.32. The third-order valence-corrected chi connectivity index (χ3v) is 3.23. The molecule has 1 saturated heterocycles. The molecule has 0 radical (unpaired) electrons. The van der Waals surface area contributed by atoms with E-state index in [1.165, 1.54) is 0 Å². The van der Waals surface area contributed by atoms with Gasteiger partial charge in [-0.25, -0.2) is 0 Å². The first kappa shape index (κ1) is 12.0. The van der Waals surface area contributed by atoms with E-state index in [1.807, 2.05) is 18.2 Å². The third-order valence-electron chi connectivity index (χ3n) is 3.23. The second-order valence-corrected chi connectivity index (χ2v) is 4.57. The maximum atomic E-state index is 11.6. The van der Waals surface area contributed by atoms with Gasteiger partial charge >= 0.3 is 0 Å². The van der Waals surface area contributed by atoms with E-state index >= 15 is 0 Å². The lowest BCUT2D eigenvalue weighted by atomic mass is 10.1. The SMILES string of the molecule is O=C1CCC(NCc2ccc3c(c2)OCO3)C(=O)N1. The summed E-state index contributed by atoms with van der Waals surface area (Å²) in [6.45, 7) is 0.794. The average Bonchev–Trinajstić information content (AvgIpc) is 2.85. The van der Waals surface area contributed by atoms with E-state index in [1.54, 1.807) is 0 Å². The summed E-state index contributed by atoms with van der Waals surface area (Å²) in [4.78, 5) is 22.6. The molecule has 1 unspecified atom stereocenters. The minimum absolute atomic E-state index is 0.203. The highest BCUT2D eigenvalue weighted by molar-refractivity contribution is 6.00. The lowest BCUT2D eigenvalue weighted by Crippen LogP contribution is -2.50. The van der Waals surface area contributed by atoms with Crippen LogP contribution in [0.25, 0.3) is 0 Å². The number of amides is 2. The number of piperidine rings is 1. The number of benzene rings is 1. The van der Waals surface area contributed by atoms with Gasteiger partial charge in [0.1, 0.15) is 0 Å². The van der Waals surface area contributed by atoms with Crippen LogP contribution in [0.15, 0.2) is 18.2 Å². The first-order valence-corrected chi connectivity index (χ1v) is 6.18. The first-order valence-electron chi connectivity index (χ1n) is 6.18. The van der Waals surface area contributed by atoms with E-state index < -0.39 is 0 Å². The van der Waals surface area contributed by atoms with Crippen molar-refractivity contribution in [1.29, 1.82) is 0 Å². The van der Waals surface area contributed by atoms with Gasteiger partial charge in [-0.3, -0.25) is 14.9 Å². The fraction of sp³-hybridized carbons (Fsp3) is 0.385. The number of imide groups is 1. The second-order valence-electron chi connectivity index (χ2n) is 4.57. The summed E-state index contributed by atoms with van der Waals surface area (Å²) >= 11 is 0. The largest absolute Gasteiger partial charge is 0.454 e. The fourth-order valence-electron chi connectivity index (χ4n) is 2.18. The standard InChI is InChI=1S/C13H14N2O4/c16-12-4-2-9(13(17)15-12)14-6-8-1-3-10-11(5-8)19-7-18-10/h1,3,5,9,14H,2,4,6-7H2,(H,15,16,17).